The molecule has 0 saturated heterocycles. The minimum atomic E-state index is -0.884. The average Bonchev–Trinajstić information content (AvgIpc) is 3.40. The zero-order chi connectivity index (χ0) is 23.5. The highest BCUT2D eigenvalue weighted by Crippen LogP contribution is 2.37. The molecule has 2 heterocycles. The lowest BCUT2D eigenvalue weighted by Gasteiger charge is -2.20. The van der Waals surface area contributed by atoms with Crippen molar-refractivity contribution in [1.82, 2.24) is 19.9 Å². The van der Waals surface area contributed by atoms with Gasteiger partial charge in [-0.15, -0.1) is 11.3 Å². The molecule has 168 valence electrons. The Balaban J connectivity index is 1.66. The fraction of sp³-hybridized carbons (Fsp3) is 0.136. The quantitative estimate of drug-likeness (QED) is 0.296. The number of aromatic nitrogens is 3. The number of imidazole rings is 1. The summed E-state index contributed by atoms with van der Waals surface area (Å²) in [5, 5.41) is 16.3. The monoisotopic (exact) mass is 483 g/mol. The van der Waals surface area contributed by atoms with Crippen molar-refractivity contribution in [1.29, 1.82) is 0 Å². The summed E-state index contributed by atoms with van der Waals surface area (Å²) in [5.74, 6) is -0.660. The number of amides is 1. The third-order valence-corrected chi connectivity index (χ3v) is 6.94. The highest BCUT2D eigenvalue weighted by Gasteiger charge is 2.26. The van der Waals surface area contributed by atoms with E-state index in [0.717, 1.165) is 5.69 Å². The van der Waals surface area contributed by atoms with Gasteiger partial charge in [0.15, 0.2) is 4.34 Å². The van der Waals surface area contributed by atoms with Crippen LogP contribution in [0, 0.1) is 22.9 Å². The Morgan fingerprint density at radius 3 is 2.73 bits per heavy atom. The van der Waals surface area contributed by atoms with Crippen LogP contribution in [0.15, 0.2) is 69.5 Å². The van der Waals surface area contributed by atoms with Crippen LogP contribution in [0.3, 0.4) is 0 Å². The highest BCUT2D eigenvalue weighted by molar-refractivity contribution is 8.01. The van der Waals surface area contributed by atoms with Crippen LogP contribution < -0.4 is 5.32 Å². The standard InChI is InChI=1S/C22H18FN5O3S2/c1-13-12-32-22(25-13)33-18-8-7-14(11-17(18)28(30)31)21(29)26-19(20-24-9-10-27(20)2)15-5-3-4-6-16(15)23/h3-12,19H,1-2H3,(H,26,29). The molecule has 2 aromatic carbocycles. The maximum absolute atomic E-state index is 14.6. The van der Waals surface area contributed by atoms with E-state index < -0.39 is 22.7 Å². The van der Waals surface area contributed by atoms with Gasteiger partial charge in [0.2, 0.25) is 0 Å². The Morgan fingerprint density at radius 2 is 2.09 bits per heavy atom. The van der Waals surface area contributed by atoms with Gasteiger partial charge in [0.1, 0.15) is 17.7 Å². The number of nitrogens with one attached hydrogen (secondary N) is 1. The van der Waals surface area contributed by atoms with Gasteiger partial charge in [-0.25, -0.2) is 14.4 Å². The number of nitro groups is 1. The number of carbonyl (C=O) groups excluding carboxylic acids is 1. The van der Waals surface area contributed by atoms with Crippen LogP contribution in [0.1, 0.15) is 33.5 Å². The number of carbonyl (C=O) groups is 1. The lowest BCUT2D eigenvalue weighted by atomic mass is 10.0. The third kappa shape index (κ3) is 4.94. The molecule has 0 aliphatic heterocycles. The van der Waals surface area contributed by atoms with Crippen LogP contribution in [-0.4, -0.2) is 25.4 Å². The van der Waals surface area contributed by atoms with Crippen molar-refractivity contribution in [2.24, 2.45) is 7.05 Å². The second-order valence-electron chi connectivity index (χ2n) is 7.12. The number of thiazole rings is 1. The van der Waals surface area contributed by atoms with Crippen LogP contribution in [0.2, 0.25) is 0 Å². The summed E-state index contributed by atoms with van der Waals surface area (Å²) in [6, 6.07) is 9.44. The second-order valence-corrected chi connectivity index (χ2v) is 9.27. The van der Waals surface area contributed by atoms with Crippen LogP contribution in [-0.2, 0) is 7.05 Å². The molecule has 4 aromatic rings. The highest BCUT2D eigenvalue weighted by atomic mass is 32.2. The molecule has 1 N–H and O–H groups in total. The molecule has 1 atom stereocenters. The topological polar surface area (TPSA) is 103 Å². The van der Waals surface area contributed by atoms with Gasteiger partial charge < -0.3 is 9.88 Å². The number of aryl methyl sites for hydroxylation is 2. The molecule has 4 rings (SSSR count). The summed E-state index contributed by atoms with van der Waals surface area (Å²) < 4.78 is 16.9. The minimum absolute atomic E-state index is 0.0805. The Bertz CT molecular complexity index is 1340. The molecule has 0 bridgehead atoms. The number of nitrogens with zero attached hydrogens (tertiary/aromatic N) is 4. The van der Waals surface area contributed by atoms with Gasteiger partial charge in [0.25, 0.3) is 11.6 Å². The Labute approximate surface area is 196 Å². The molecule has 2 aromatic heterocycles. The molecule has 11 heteroatoms. The van der Waals surface area contributed by atoms with Crippen molar-refractivity contribution in [2.45, 2.75) is 22.2 Å². The summed E-state index contributed by atoms with van der Waals surface area (Å²) in [5.41, 5.74) is 0.937. The molecule has 8 nitrogen and oxygen atoms in total. The average molecular weight is 484 g/mol. The van der Waals surface area contributed by atoms with Crippen LogP contribution in [0.5, 0.6) is 0 Å². The van der Waals surface area contributed by atoms with E-state index in [0.29, 0.717) is 15.1 Å². The van der Waals surface area contributed by atoms with E-state index in [4.69, 9.17) is 0 Å². The van der Waals surface area contributed by atoms with Gasteiger partial charge in [-0.3, -0.25) is 14.9 Å². The van der Waals surface area contributed by atoms with E-state index in [1.165, 1.54) is 47.4 Å². The normalized spacial score (nSPS) is 11.8. The fourth-order valence-electron chi connectivity index (χ4n) is 3.22. The Kier molecular flexibility index (Phi) is 6.52. The smallest absolute Gasteiger partial charge is 0.284 e. The maximum atomic E-state index is 14.6. The van der Waals surface area contributed by atoms with E-state index in [2.05, 4.69) is 15.3 Å². The van der Waals surface area contributed by atoms with E-state index in [9.17, 15) is 19.3 Å². The molecule has 0 saturated carbocycles. The van der Waals surface area contributed by atoms with E-state index in [1.54, 1.807) is 42.2 Å². The molecule has 33 heavy (non-hydrogen) atoms. The predicted molar refractivity (Wildman–Crippen MR) is 123 cm³/mol. The number of benzene rings is 2. The van der Waals surface area contributed by atoms with E-state index in [1.807, 2.05) is 12.3 Å². The second kappa shape index (κ2) is 9.51. The number of nitro benzene ring substituents is 1. The number of halogens is 1. The summed E-state index contributed by atoms with van der Waals surface area (Å²) in [6.45, 7) is 1.84. The molecular weight excluding hydrogens is 465 g/mol. The van der Waals surface area contributed by atoms with Crippen molar-refractivity contribution >= 4 is 34.7 Å². The summed E-state index contributed by atoms with van der Waals surface area (Å²) in [4.78, 5) is 33.2. The molecule has 0 radical (unpaired) electrons. The van der Waals surface area contributed by atoms with Crippen LogP contribution in [0.25, 0.3) is 0 Å². The van der Waals surface area contributed by atoms with Crippen molar-refractivity contribution in [2.75, 3.05) is 0 Å². The first-order valence-electron chi connectivity index (χ1n) is 9.74. The van der Waals surface area contributed by atoms with Gasteiger partial charge in [-0.05, 0) is 25.1 Å². The first kappa shape index (κ1) is 22.6. The molecule has 0 spiro atoms. The largest absolute Gasteiger partial charge is 0.338 e. The Morgan fingerprint density at radius 1 is 1.30 bits per heavy atom. The lowest BCUT2D eigenvalue weighted by molar-refractivity contribution is -0.387. The molecule has 0 fully saturated rings. The van der Waals surface area contributed by atoms with Crippen molar-refractivity contribution < 1.29 is 14.1 Å². The molecule has 0 aliphatic carbocycles. The predicted octanol–water partition coefficient (Wildman–Crippen LogP) is 4.90. The van der Waals surface area contributed by atoms with E-state index in [-0.39, 0.29) is 16.8 Å². The Hall–Kier alpha value is -3.57. The number of hydrogen-bond acceptors (Lipinski definition) is 7. The maximum Gasteiger partial charge on any atom is 0.284 e. The number of hydrogen-bond donors (Lipinski definition) is 1. The summed E-state index contributed by atoms with van der Waals surface area (Å²) in [6.07, 6.45) is 3.24. The molecular formula is C22H18FN5O3S2. The van der Waals surface area contributed by atoms with Crippen molar-refractivity contribution in [3.8, 4) is 0 Å². The zero-order valence-corrected chi connectivity index (χ0v) is 19.2. The summed E-state index contributed by atoms with van der Waals surface area (Å²) in [7, 11) is 1.74. The molecule has 1 amide bonds. The van der Waals surface area contributed by atoms with Gasteiger partial charge in [0.05, 0.1) is 9.82 Å². The molecule has 1 unspecified atom stereocenters. The van der Waals surface area contributed by atoms with Gasteiger partial charge in [-0.2, -0.15) is 0 Å². The van der Waals surface area contributed by atoms with Gasteiger partial charge >= 0.3 is 0 Å². The number of rotatable bonds is 7. The first-order valence-corrected chi connectivity index (χ1v) is 11.4. The summed E-state index contributed by atoms with van der Waals surface area (Å²) >= 11 is 2.56. The third-order valence-electron chi connectivity index (χ3n) is 4.82. The van der Waals surface area contributed by atoms with E-state index >= 15 is 0 Å². The van der Waals surface area contributed by atoms with Crippen LogP contribution >= 0.6 is 23.1 Å². The zero-order valence-electron chi connectivity index (χ0n) is 17.6. The molecule has 0 aliphatic rings. The fourth-order valence-corrected chi connectivity index (χ4v) is 5.10. The van der Waals surface area contributed by atoms with Crippen LogP contribution in [0.4, 0.5) is 10.1 Å². The van der Waals surface area contributed by atoms with Crippen molar-refractivity contribution in [3.63, 3.8) is 0 Å². The minimum Gasteiger partial charge on any atom is -0.338 e. The SMILES string of the molecule is Cc1csc(Sc2ccc(C(=O)NC(c3ccccc3F)c3nccn3C)cc2[N+](=O)[O-])n1. The van der Waals surface area contributed by atoms with Gasteiger partial charge in [0, 0.05) is 47.7 Å². The first-order chi connectivity index (χ1) is 15.8. The lowest BCUT2D eigenvalue weighted by Crippen LogP contribution is -2.31. The van der Waals surface area contributed by atoms with Gasteiger partial charge in [-0.1, -0.05) is 30.0 Å². The van der Waals surface area contributed by atoms with Crippen molar-refractivity contribution in [3.05, 3.63) is 98.8 Å².